The van der Waals surface area contributed by atoms with Gasteiger partial charge in [-0.05, 0) is 31.0 Å². The van der Waals surface area contributed by atoms with Crippen LogP contribution >= 0.6 is 0 Å². The summed E-state index contributed by atoms with van der Waals surface area (Å²) < 4.78 is 0. The van der Waals surface area contributed by atoms with Gasteiger partial charge < -0.3 is 9.88 Å². The molecule has 4 rings (SSSR count). The van der Waals surface area contributed by atoms with Crippen LogP contribution < -0.4 is 0 Å². The lowest BCUT2D eigenvalue weighted by atomic mass is 9.94. The molecule has 0 radical (unpaired) electrons. The number of hydrogen-bond acceptors (Lipinski definition) is 3. The molecule has 1 aromatic carbocycles. The average molecular weight is 323 g/mol. The fraction of sp³-hybridized carbons (Fsp3) is 0.389. The number of carbonyl (C=O) groups is 1. The number of H-pyrrole nitrogens is 2. The number of aromatic nitrogens is 4. The summed E-state index contributed by atoms with van der Waals surface area (Å²) in [7, 11) is 0. The van der Waals surface area contributed by atoms with Crippen LogP contribution in [0.15, 0.2) is 36.5 Å². The smallest absolute Gasteiger partial charge is 0.223 e. The normalized spacial score (nSPS) is 18.2. The van der Waals surface area contributed by atoms with Crippen LogP contribution in [-0.2, 0) is 11.2 Å². The molecule has 1 saturated heterocycles. The second-order valence-corrected chi connectivity index (χ2v) is 6.39. The third kappa shape index (κ3) is 3.04. The van der Waals surface area contributed by atoms with Crippen LogP contribution in [0, 0.1) is 0 Å². The molecule has 1 atom stereocenters. The summed E-state index contributed by atoms with van der Waals surface area (Å²) in [6, 6.07) is 9.96. The summed E-state index contributed by atoms with van der Waals surface area (Å²) in [5.74, 6) is 1.46. The first kappa shape index (κ1) is 14.9. The van der Waals surface area contributed by atoms with Gasteiger partial charge in [0.15, 0.2) is 0 Å². The minimum absolute atomic E-state index is 0.208. The van der Waals surface area contributed by atoms with Gasteiger partial charge in [0, 0.05) is 43.7 Å². The highest BCUT2D eigenvalue weighted by atomic mass is 16.2. The summed E-state index contributed by atoms with van der Waals surface area (Å²) in [4.78, 5) is 22.4. The number of fused-ring (bicyclic) bond motifs is 1. The topological polar surface area (TPSA) is 77.7 Å². The fourth-order valence-corrected chi connectivity index (χ4v) is 3.46. The van der Waals surface area contributed by atoms with Crippen molar-refractivity contribution < 1.29 is 4.79 Å². The minimum Gasteiger partial charge on any atom is -0.342 e. The van der Waals surface area contributed by atoms with Gasteiger partial charge in [-0.2, -0.15) is 5.10 Å². The number of nitrogens with one attached hydrogen (secondary N) is 2. The molecule has 2 N–H and O–H groups in total. The predicted octanol–water partition coefficient (Wildman–Crippen LogP) is 2.62. The highest BCUT2D eigenvalue weighted by Crippen LogP contribution is 2.25. The van der Waals surface area contributed by atoms with E-state index in [9.17, 15) is 4.79 Å². The Kier molecular flexibility index (Phi) is 4.02. The Morgan fingerprint density at radius 2 is 2.21 bits per heavy atom. The van der Waals surface area contributed by atoms with Gasteiger partial charge >= 0.3 is 0 Å². The molecule has 0 aliphatic carbocycles. The number of aryl methyl sites for hydroxylation is 1. The molecule has 6 nitrogen and oxygen atoms in total. The number of nitrogens with zero attached hydrogens (tertiary/aromatic N) is 3. The molecule has 1 aliphatic rings. The number of imidazole rings is 1. The van der Waals surface area contributed by atoms with E-state index in [1.807, 2.05) is 35.2 Å². The highest BCUT2D eigenvalue weighted by molar-refractivity contribution is 5.77. The Morgan fingerprint density at radius 1 is 1.29 bits per heavy atom. The van der Waals surface area contributed by atoms with Gasteiger partial charge in [0.2, 0.25) is 5.91 Å². The molecule has 3 aromatic rings. The van der Waals surface area contributed by atoms with E-state index in [1.165, 1.54) is 0 Å². The molecule has 3 heterocycles. The standard InChI is InChI=1S/C18H21N5O/c24-18(8-7-17-20-15-5-1-2-6-16(15)21-17)23-11-3-4-13(12-23)14-9-10-19-22-14/h1-2,5-6,9-10,13H,3-4,7-8,11-12H2,(H,19,22)(H,20,21). The van der Waals surface area contributed by atoms with Crippen LogP contribution in [0.2, 0.25) is 0 Å². The Balaban J connectivity index is 1.37. The average Bonchev–Trinajstić information content (AvgIpc) is 3.29. The maximum absolute atomic E-state index is 12.6. The Bertz CT molecular complexity index is 790. The number of para-hydroxylation sites is 2. The monoisotopic (exact) mass is 323 g/mol. The number of piperidine rings is 1. The second-order valence-electron chi connectivity index (χ2n) is 6.39. The number of likely N-dealkylation sites (tertiary alicyclic amines) is 1. The molecular formula is C18H21N5O. The quantitative estimate of drug-likeness (QED) is 0.775. The predicted molar refractivity (Wildman–Crippen MR) is 91.6 cm³/mol. The molecule has 1 fully saturated rings. The largest absolute Gasteiger partial charge is 0.342 e. The SMILES string of the molecule is O=C(CCc1nc2ccccc2[nH]1)N1CCCC(c2ccn[nH]2)C1. The lowest BCUT2D eigenvalue weighted by Gasteiger charge is -2.32. The van der Waals surface area contributed by atoms with E-state index in [1.54, 1.807) is 6.20 Å². The van der Waals surface area contributed by atoms with Gasteiger partial charge in [-0.15, -0.1) is 0 Å². The molecule has 1 amide bonds. The molecule has 0 saturated carbocycles. The van der Waals surface area contributed by atoms with E-state index in [2.05, 4.69) is 20.2 Å². The molecular weight excluding hydrogens is 302 g/mol. The van der Waals surface area contributed by atoms with Crippen LogP contribution in [0.1, 0.15) is 36.7 Å². The van der Waals surface area contributed by atoms with Gasteiger partial charge in [-0.25, -0.2) is 4.98 Å². The van der Waals surface area contributed by atoms with Crippen molar-refractivity contribution in [3.63, 3.8) is 0 Å². The molecule has 2 aromatic heterocycles. The van der Waals surface area contributed by atoms with E-state index < -0.39 is 0 Å². The van der Waals surface area contributed by atoms with Crippen LogP contribution in [0.25, 0.3) is 11.0 Å². The number of rotatable bonds is 4. The minimum atomic E-state index is 0.208. The first-order valence-corrected chi connectivity index (χ1v) is 8.50. The third-order valence-corrected chi connectivity index (χ3v) is 4.75. The number of benzene rings is 1. The Labute approximate surface area is 140 Å². The molecule has 1 unspecified atom stereocenters. The summed E-state index contributed by atoms with van der Waals surface area (Å²) >= 11 is 0. The number of amides is 1. The third-order valence-electron chi connectivity index (χ3n) is 4.75. The van der Waals surface area contributed by atoms with Crippen molar-refractivity contribution in [3.8, 4) is 0 Å². The van der Waals surface area contributed by atoms with Crippen molar-refractivity contribution in [2.45, 2.75) is 31.6 Å². The molecule has 124 valence electrons. The number of carbonyl (C=O) groups excluding carboxylic acids is 1. The Hall–Kier alpha value is -2.63. The maximum Gasteiger partial charge on any atom is 0.223 e. The lowest BCUT2D eigenvalue weighted by molar-refractivity contribution is -0.132. The van der Waals surface area contributed by atoms with Gasteiger partial charge in [0.05, 0.1) is 11.0 Å². The zero-order valence-corrected chi connectivity index (χ0v) is 13.5. The van der Waals surface area contributed by atoms with Crippen molar-refractivity contribution in [2.75, 3.05) is 13.1 Å². The molecule has 0 bridgehead atoms. The molecule has 24 heavy (non-hydrogen) atoms. The van der Waals surface area contributed by atoms with Gasteiger partial charge in [0.1, 0.15) is 5.82 Å². The summed E-state index contributed by atoms with van der Waals surface area (Å²) in [5, 5.41) is 7.06. The van der Waals surface area contributed by atoms with E-state index in [-0.39, 0.29) is 5.91 Å². The number of hydrogen-bond donors (Lipinski definition) is 2. The zero-order chi connectivity index (χ0) is 16.4. The van der Waals surface area contributed by atoms with Crippen molar-refractivity contribution in [1.82, 2.24) is 25.1 Å². The maximum atomic E-state index is 12.6. The zero-order valence-electron chi connectivity index (χ0n) is 13.5. The van der Waals surface area contributed by atoms with Crippen molar-refractivity contribution >= 4 is 16.9 Å². The van der Waals surface area contributed by atoms with E-state index in [0.717, 1.165) is 48.5 Å². The molecule has 0 spiro atoms. The van der Waals surface area contributed by atoms with Gasteiger partial charge in [-0.3, -0.25) is 9.89 Å². The number of aromatic amines is 2. The van der Waals surface area contributed by atoms with E-state index in [4.69, 9.17) is 0 Å². The van der Waals surface area contributed by atoms with Crippen LogP contribution in [0.5, 0.6) is 0 Å². The second kappa shape index (κ2) is 6.47. The summed E-state index contributed by atoms with van der Waals surface area (Å²) in [6.07, 6.45) is 5.07. The molecule has 6 heteroatoms. The fourth-order valence-electron chi connectivity index (χ4n) is 3.46. The van der Waals surface area contributed by atoms with Crippen molar-refractivity contribution in [1.29, 1.82) is 0 Å². The Morgan fingerprint density at radius 3 is 3.04 bits per heavy atom. The van der Waals surface area contributed by atoms with Crippen LogP contribution in [0.4, 0.5) is 0 Å². The lowest BCUT2D eigenvalue weighted by Crippen LogP contribution is -2.39. The van der Waals surface area contributed by atoms with E-state index in [0.29, 0.717) is 18.8 Å². The summed E-state index contributed by atoms with van der Waals surface area (Å²) in [5.41, 5.74) is 3.11. The van der Waals surface area contributed by atoms with Gasteiger partial charge in [-0.1, -0.05) is 12.1 Å². The van der Waals surface area contributed by atoms with Crippen molar-refractivity contribution in [3.05, 3.63) is 48.0 Å². The molecule has 1 aliphatic heterocycles. The summed E-state index contributed by atoms with van der Waals surface area (Å²) in [6.45, 7) is 1.63. The van der Waals surface area contributed by atoms with Gasteiger partial charge in [0.25, 0.3) is 0 Å². The highest BCUT2D eigenvalue weighted by Gasteiger charge is 2.25. The first-order chi connectivity index (χ1) is 11.8. The first-order valence-electron chi connectivity index (χ1n) is 8.50. The van der Waals surface area contributed by atoms with Crippen LogP contribution in [0.3, 0.4) is 0 Å². The van der Waals surface area contributed by atoms with Crippen molar-refractivity contribution in [2.24, 2.45) is 0 Å². The van der Waals surface area contributed by atoms with E-state index >= 15 is 0 Å². The van der Waals surface area contributed by atoms with Crippen LogP contribution in [-0.4, -0.2) is 44.1 Å².